The molecule has 0 bridgehead atoms. The molecule has 1 aromatic carbocycles. The number of amides is 2. The average molecular weight is 523 g/mol. The summed E-state index contributed by atoms with van der Waals surface area (Å²) in [4.78, 5) is 33.7. The highest BCUT2D eigenvalue weighted by Crippen LogP contribution is 2.47. The normalized spacial score (nSPS) is 22.0. The predicted octanol–water partition coefficient (Wildman–Crippen LogP) is 3.80. The van der Waals surface area contributed by atoms with Crippen molar-refractivity contribution in [3.05, 3.63) is 72.2 Å². The lowest BCUT2D eigenvalue weighted by Crippen LogP contribution is -2.55. The molecule has 1 aliphatic carbocycles. The lowest BCUT2D eigenvalue weighted by Gasteiger charge is -2.38. The summed E-state index contributed by atoms with van der Waals surface area (Å²) in [6, 6.07) is 12.7. The number of carbonyl (C=O) groups excluding carboxylic acids is 2. The SMILES string of the molecule is Cc1cc(-c2ccnc(NC(=O)[C@@H]3C[C@H]3c3cccnc3)c2)ccc1O[C@H]1CCN(C(=O)CO)CC1(F)F. The number of alkyl halides is 2. The molecule has 198 valence electrons. The molecule has 2 aromatic heterocycles. The topological polar surface area (TPSA) is 105 Å². The number of likely N-dealkylation sites (tertiary alicyclic amines) is 1. The molecule has 0 unspecified atom stereocenters. The Labute approximate surface area is 218 Å². The smallest absolute Gasteiger partial charge is 0.301 e. The first-order chi connectivity index (χ1) is 18.2. The van der Waals surface area contributed by atoms with Gasteiger partial charge in [0.1, 0.15) is 18.2 Å². The molecule has 5 rings (SSSR count). The predicted molar refractivity (Wildman–Crippen MR) is 136 cm³/mol. The molecule has 8 nitrogen and oxygen atoms in total. The fourth-order valence-electron chi connectivity index (χ4n) is 4.84. The van der Waals surface area contributed by atoms with Gasteiger partial charge in [-0.1, -0.05) is 12.1 Å². The number of anilines is 1. The van der Waals surface area contributed by atoms with E-state index < -0.39 is 31.1 Å². The summed E-state index contributed by atoms with van der Waals surface area (Å²) in [5.41, 5.74) is 3.36. The average Bonchev–Trinajstić information content (AvgIpc) is 3.72. The molecule has 2 fully saturated rings. The van der Waals surface area contributed by atoms with Gasteiger partial charge in [0.25, 0.3) is 0 Å². The van der Waals surface area contributed by atoms with Crippen LogP contribution in [-0.2, 0) is 9.59 Å². The third-order valence-corrected chi connectivity index (χ3v) is 7.05. The molecule has 1 aliphatic heterocycles. The van der Waals surface area contributed by atoms with Gasteiger partial charge in [0.05, 0.1) is 6.54 Å². The minimum Gasteiger partial charge on any atom is -0.484 e. The first kappa shape index (κ1) is 25.7. The van der Waals surface area contributed by atoms with Crippen LogP contribution in [0.3, 0.4) is 0 Å². The van der Waals surface area contributed by atoms with Crippen molar-refractivity contribution in [3.63, 3.8) is 0 Å². The number of ether oxygens (including phenoxy) is 1. The number of aromatic nitrogens is 2. The van der Waals surface area contributed by atoms with E-state index in [2.05, 4.69) is 15.3 Å². The quantitative estimate of drug-likeness (QED) is 0.489. The number of hydrogen-bond acceptors (Lipinski definition) is 6. The van der Waals surface area contributed by atoms with E-state index in [0.29, 0.717) is 17.1 Å². The van der Waals surface area contributed by atoms with Gasteiger partial charge in [-0.25, -0.2) is 13.8 Å². The maximum atomic E-state index is 14.7. The van der Waals surface area contributed by atoms with Crippen molar-refractivity contribution < 1.29 is 28.2 Å². The Morgan fingerprint density at radius 3 is 2.71 bits per heavy atom. The molecule has 1 saturated carbocycles. The summed E-state index contributed by atoms with van der Waals surface area (Å²) in [6.45, 7) is 0.279. The maximum Gasteiger partial charge on any atom is 0.301 e. The van der Waals surface area contributed by atoms with Crippen LogP contribution in [0.2, 0.25) is 0 Å². The van der Waals surface area contributed by atoms with Crippen molar-refractivity contribution in [1.29, 1.82) is 0 Å². The Balaban J connectivity index is 1.23. The van der Waals surface area contributed by atoms with Crippen LogP contribution in [0.5, 0.6) is 5.75 Å². The van der Waals surface area contributed by atoms with Gasteiger partial charge in [-0.15, -0.1) is 0 Å². The maximum absolute atomic E-state index is 14.7. The summed E-state index contributed by atoms with van der Waals surface area (Å²) >= 11 is 0. The van der Waals surface area contributed by atoms with Gasteiger partial charge >= 0.3 is 5.92 Å². The number of halogens is 2. The number of carbonyl (C=O) groups is 2. The zero-order chi connectivity index (χ0) is 26.9. The van der Waals surface area contributed by atoms with Gasteiger partial charge in [0.2, 0.25) is 11.8 Å². The summed E-state index contributed by atoms with van der Waals surface area (Å²) in [6.07, 6.45) is 4.45. The highest BCUT2D eigenvalue weighted by molar-refractivity contribution is 5.95. The third kappa shape index (κ3) is 5.50. The van der Waals surface area contributed by atoms with E-state index in [1.807, 2.05) is 24.3 Å². The van der Waals surface area contributed by atoms with Crippen molar-refractivity contribution >= 4 is 17.6 Å². The molecule has 1 saturated heterocycles. The van der Waals surface area contributed by atoms with E-state index in [-0.39, 0.29) is 30.7 Å². The van der Waals surface area contributed by atoms with Crippen LogP contribution >= 0.6 is 0 Å². The molecule has 0 spiro atoms. The fraction of sp³-hybridized carbons (Fsp3) is 0.357. The minimum atomic E-state index is -3.25. The summed E-state index contributed by atoms with van der Waals surface area (Å²) in [7, 11) is 0. The number of piperidine rings is 1. The Hall–Kier alpha value is -3.92. The number of aliphatic hydroxyl groups is 1. The standard InChI is InChI=1S/C28H28F2N4O4/c1-17-11-18(4-5-23(17)38-24-7-10-34(26(36)15-35)16-28(24,29)30)19-6-9-32-25(12-19)33-27(37)22-13-21(22)20-3-2-8-31-14-20/h2-6,8-9,11-12,14,21-22,24,35H,7,10,13,15-16H2,1H3,(H,32,33,37)/t21-,22+,24-/m0/s1. The third-order valence-electron chi connectivity index (χ3n) is 7.05. The largest absolute Gasteiger partial charge is 0.484 e. The summed E-state index contributed by atoms with van der Waals surface area (Å²) in [5, 5.41) is 11.9. The zero-order valence-electron chi connectivity index (χ0n) is 20.8. The molecule has 3 heterocycles. The number of benzene rings is 1. The van der Waals surface area contributed by atoms with Gasteiger partial charge in [0, 0.05) is 37.5 Å². The summed E-state index contributed by atoms with van der Waals surface area (Å²) < 4.78 is 35.0. The highest BCUT2D eigenvalue weighted by Gasteiger charge is 2.47. The van der Waals surface area contributed by atoms with Crippen LogP contribution in [0.1, 0.15) is 29.9 Å². The van der Waals surface area contributed by atoms with E-state index in [1.54, 1.807) is 43.7 Å². The number of hydrogen-bond donors (Lipinski definition) is 2. The number of nitrogens with one attached hydrogen (secondary N) is 1. The van der Waals surface area contributed by atoms with E-state index in [0.717, 1.165) is 28.0 Å². The van der Waals surface area contributed by atoms with E-state index in [9.17, 15) is 18.4 Å². The van der Waals surface area contributed by atoms with Crippen molar-refractivity contribution in [2.24, 2.45) is 5.92 Å². The molecule has 10 heteroatoms. The van der Waals surface area contributed by atoms with Crippen LogP contribution < -0.4 is 10.1 Å². The van der Waals surface area contributed by atoms with Crippen LogP contribution in [0.4, 0.5) is 14.6 Å². The minimum absolute atomic E-state index is 0.0457. The molecule has 2 amide bonds. The monoisotopic (exact) mass is 522 g/mol. The first-order valence-electron chi connectivity index (χ1n) is 12.5. The van der Waals surface area contributed by atoms with E-state index in [4.69, 9.17) is 9.84 Å². The van der Waals surface area contributed by atoms with E-state index >= 15 is 0 Å². The molecule has 0 radical (unpaired) electrons. The number of pyridine rings is 2. The van der Waals surface area contributed by atoms with Crippen molar-refractivity contribution in [2.45, 2.75) is 37.7 Å². The van der Waals surface area contributed by atoms with Gasteiger partial charge in [-0.2, -0.15) is 0 Å². The molecule has 2 N–H and O–H groups in total. The molecule has 2 aliphatic rings. The first-order valence-corrected chi connectivity index (χ1v) is 12.5. The van der Waals surface area contributed by atoms with Crippen LogP contribution in [0, 0.1) is 12.8 Å². The van der Waals surface area contributed by atoms with Crippen molar-refractivity contribution in [2.75, 3.05) is 25.0 Å². The fourth-order valence-corrected chi connectivity index (χ4v) is 4.84. The number of rotatable bonds is 7. The van der Waals surface area contributed by atoms with Gasteiger partial charge in [-0.3, -0.25) is 14.6 Å². The molecule has 38 heavy (non-hydrogen) atoms. The van der Waals surface area contributed by atoms with E-state index in [1.165, 1.54) is 0 Å². The molecule has 3 aromatic rings. The van der Waals surface area contributed by atoms with Crippen molar-refractivity contribution in [1.82, 2.24) is 14.9 Å². The lowest BCUT2D eigenvalue weighted by molar-refractivity contribution is -0.161. The van der Waals surface area contributed by atoms with Crippen LogP contribution in [0.25, 0.3) is 11.1 Å². The van der Waals surface area contributed by atoms with Crippen LogP contribution in [0.15, 0.2) is 61.1 Å². The van der Waals surface area contributed by atoms with Crippen molar-refractivity contribution in [3.8, 4) is 16.9 Å². The second-order valence-corrected chi connectivity index (χ2v) is 9.76. The lowest BCUT2D eigenvalue weighted by atomic mass is 10.0. The summed E-state index contributed by atoms with van der Waals surface area (Å²) in [5.74, 6) is -3.24. The molecular weight excluding hydrogens is 494 g/mol. The number of aryl methyl sites for hydroxylation is 1. The Morgan fingerprint density at radius 1 is 1.18 bits per heavy atom. The Morgan fingerprint density at radius 2 is 2.00 bits per heavy atom. The van der Waals surface area contributed by atoms with Gasteiger partial charge in [0.15, 0.2) is 6.10 Å². The molecular formula is C28H28F2N4O4. The Kier molecular flexibility index (Phi) is 7.07. The van der Waals surface area contributed by atoms with Gasteiger partial charge in [-0.05, 0) is 71.8 Å². The second kappa shape index (κ2) is 10.4. The second-order valence-electron chi connectivity index (χ2n) is 9.76. The highest BCUT2D eigenvalue weighted by atomic mass is 19.3. The van der Waals surface area contributed by atoms with Crippen LogP contribution in [-0.4, -0.2) is 63.5 Å². The zero-order valence-corrected chi connectivity index (χ0v) is 20.8. The van der Waals surface area contributed by atoms with Gasteiger partial charge < -0.3 is 20.1 Å². The Bertz CT molecular complexity index is 1340. The molecule has 3 atom stereocenters. The number of nitrogens with zero attached hydrogens (tertiary/aromatic N) is 3. The number of aliphatic hydroxyl groups excluding tert-OH is 1.